The summed E-state index contributed by atoms with van der Waals surface area (Å²) in [5, 5.41) is 9.20. The maximum absolute atomic E-state index is 12.6. The molecule has 1 unspecified atom stereocenters. The van der Waals surface area contributed by atoms with Crippen LogP contribution in [0.25, 0.3) is 0 Å². The monoisotopic (exact) mass is 279 g/mol. The molecule has 1 aliphatic carbocycles. The van der Waals surface area contributed by atoms with Crippen molar-refractivity contribution in [1.29, 1.82) is 0 Å². The summed E-state index contributed by atoms with van der Waals surface area (Å²) in [6.45, 7) is 0.707. The minimum atomic E-state index is -4.10. The number of carboxylic acid groups (broad SMARTS) is 1. The van der Waals surface area contributed by atoms with Gasteiger partial charge in [0, 0.05) is 6.04 Å². The SMILES string of the molecule is O=C(O)C1CCCCN1C1CCC(C(F)(F)F)CC1. The number of carbonyl (C=O) groups is 1. The molecule has 2 rings (SSSR count). The second-order valence-electron chi connectivity index (χ2n) is 5.63. The van der Waals surface area contributed by atoms with E-state index in [1.54, 1.807) is 0 Å². The molecule has 2 fully saturated rings. The maximum Gasteiger partial charge on any atom is 0.391 e. The van der Waals surface area contributed by atoms with Crippen molar-refractivity contribution < 1.29 is 23.1 Å². The predicted molar refractivity (Wildman–Crippen MR) is 63.8 cm³/mol. The van der Waals surface area contributed by atoms with E-state index in [0.717, 1.165) is 12.8 Å². The van der Waals surface area contributed by atoms with Crippen molar-refractivity contribution in [2.75, 3.05) is 6.54 Å². The fourth-order valence-corrected chi connectivity index (χ4v) is 3.39. The number of likely N-dealkylation sites (tertiary alicyclic amines) is 1. The Morgan fingerprint density at radius 3 is 2.21 bits per heavy atom. The van der Waals surface area contributed by atoms with Crippen LogP contribution >= 0.6 is 0 Å². The van der Waals surface area contributed by atoms with E-state index in [-0.39, 0.29) is 18.9 Å². The zero-order valence-corrected chi connectivity index (χ0v) is 10.8. The van der Waals surface area contributed by atoms with Crippen molar-refractivity contribution in [2.45, 2.75) is 63.2 Å². The molecule has 1 saturated carbocycles. The molecular weight excluding hydrogens is 259 g/mol. The summed E-state index contributed by atoms with van der Waals surface area (Å²) < 4.78 is 37.8. The smallest absolute Gasteiger partial charge is 0.391 e. The quantitative estimate of drug-likeness (QED) is 0.844. The number of carboxylic acids is 1. The van der Waals surface area contributed by atoms with Crippen molar-refractivity contribution in [3.8, 4) is 0 Å². The summed E-state index contributed by atoms with van der Waals surface area (Å²) in [6.07, 6.45) is -0.433. The van der Waals surface area contributed by atoms with E-state index in [1.807, 2.05) is 4.90 Å². The van der Waals surface area contributed by atoms with Crippen LogP contribution in [-0.2, 0) is 4.79 Å². The first kappa shape index (κ1) is 14.6. The molecule has 0 aromatic carbocycles. The van der Waals surface area contributed by atoms with E-state index in [9.17, 15) is 23.1 Å². The highest BCUT2D eigenvalue weighted by atomic mass is 19.4. The third-order valence-electron chi connectivity index (χ3n) is 4.46. The zero-order chi connectivity index (χ0) is 14.0. The van der Waals surface area contributed by atoms with Gasteiger partial charge in [-0.15, -0.1) is 0 Å². The average molecular weight is 279 g/mol. The number of aliphatic carboxylic acids is 1. The van der Waals surface area contributed by atoms with E-state index >= 15 is 0 Å². The Morgan fingerprint density at radius 2 is 1.68 bits per heavy atom. The first-order chi connectivity index (χ1) is 8.89. The second kappa shape index (κ2) is 5.69. The van der Waals surface area contributed by atoms with Gasteiger partial charge in [-0.05, 0) is 45.1 Å². The van der Waals surface area contributed by atoms with Crippen molar-refractivity contribution in [1.82, 2.24) is 4.90 Å². The fourth-order valence-electron chi connectivity index (χ4n) is 3.39. The van der Waals surface area contributed by atoms with Gasteiger partial charge >= 0.3 is 12.1 Å². The van der Waals surface area contributed by atoms with Crippen LogP contribution in [0.1, 0.15) is 44.9 Å². The normalized spacial score (nSPS) is 34.2. The van der Waals surface area contributed by atoms with E-state index in [0.29, 0.717) is 25.8 Å². The van der Waals surface area contributed by atoms with Crippen LogP contribution in [0.2, 0.25) is 0 Å². The lowest BCUT2D eigenvalue weighted by Crippen LogP contribution is -2.51. The van der Waals surface area contributed by atoms with Crippen LogP contribution in [0.5, 0.6) is 0 Å². The predicted octanol–water partition coefficient (Wildman–Crippen LogP) is 3.05. The van der Waals surface area contributed by atoms with Crippen molar-refractivity contribution in [3.63, 3.8) is 0 Å². The van der Waals surface area contributed by atoms with Gasteiger partial charge in [-0.2, -0.15) is 13.2 Å². The van der Waals surface area contributed by atoms with Gasteiger partial charge in [0.1, 0.15) is 6.04 Å². The molecule has 110 valence electrons. The van der Waals surface area contributed by atoms with Crippen LogP contribution < -0.4 is 0 Å². The minimum absolute atomic E-state index is 0.0139. The molecule has 0 bridgehead atoms. The highest BCUT2D eigenvalue weighted by Gasteiger charge is 2.43. The first-order valence-electron chi connectivity index (χ1n) is 6.95. The number of piperidine rings is 1. The highest BCUT2D eigenvalue weighted by Crippen LogP contribution is 2.39. The van der Waals surface area contributed by atoms with Crippen molar-refractivity contribution in [2.24, 2.45) is 5.92 Å². The van der Waals surface area contributed by atoms with Crippen LogP contribution in [0.4, 0.5) is 13.2 Å². The van der Waals surface area contributed by atoms with Gasteiger partial charge in [0.2, 0.25) is 0 Å². The summed E-state index contributed by atoms with van der Waals surface area (Å²) in [5.41, 5.74) is 0. The Kier molecular flexibility index (Phi) is 4.38. The summed E-state index contributed by atoms with van der Waals surface area (Å²) in [4.78, 5) is 13.1. The Hall–Kier alpha value is -0.780. The molecule has 0 aromatic heterocycles. The molecule has 0 radical (unpaired) electrons. The lowest BCUT2D eigenvalue weighted by Gasteiger charge is -2.42. The molecule has 2 aliphatic rings. The number of rotatable bonds is 2. The lowest BCUT2D eigenvalue weighted by molar-refractivity contribution is -0.185. The van der Waals surface area contributed by atoms with Gasteiger partial charge in [-0.25, -0.2) is 0 Å². The largest absolute Gasteiger partial charge is 0.480 e. The standard InChI is InChI=1S/C13H20F3NO2/c14-13(15,16)9-4-6-10(7-5-9)17-8-2-1-3-11(17)12(18)19/h9-11H,1-8H2,(H,18,19). The van der Waals surface area contributed by atoms with Crippen LogP contribution in [0, 0.1) is 5.92 Å². The third-order valence-corrected chi connectivity index (χ3v) is 4.46. The summed E-state index contributed by atoms with van der Waals surface area (Å²) in [7, 11) is 0. The fraction of sp³-hybridized carbons (Fsp3) is 0.923. The number of hydrogen-bond acceptors (Lipinski definition) is 2. The highest BCUT2D eigenvalue weighted by molar-refractivity contribution is 5.73. The topological polar surface area (TPSA) is 40.5 Å². The van der Waals surface area contributed by atoms with Gasteiger partial charge in [-0.1, -0.05) is 6.42 Å². The molecule has 1 saturated heterocycles. The first-order valence-corrected chi connectivity index (χ1v) is 6.95. The van der Waals surface area contributed by atoms with E-state index in [1.165, 1.54) is 0 Å². The molecule has 1 aliphatic heterocycles. The van der Waals surface area contributed by atoms with Crippen molar-refractivity contribution in [3.05, 3.63) is 0 Å². The summed E-state index contributed by atoms with van der Waals surface area (Å²) in [6, 6.07) is -0.485. The van der Waals surface area contributed by atoms with Crippen molar-refractivity contribution >= 4 is 5.97 Å². The van der Waals surface area contributed by atoms with Gasteiger partial charge in [0.05, 0.1) is 5.92 Å². The average Bonchev–Trinajstić information content (AvgIpc) is 2.38. The molecule has 1 atom stereocenters. The molecule has 1 heterocycles. The Balaban J connectivity index is 1.94. The lowest BCUT2D eigenvalue weighted by atomic mass is 9.83. The third kappa shape index (κ3) is 3.41. The minimum Gasteiger partial charge on any atom is -0.480 e. The zero-order valence-electron chi connectivity index (χ0n) is 10.8. The van der Waals surface area contributed by atoms with Gasteiger partial charge in [0.15, 0.2) is 0 Å². The van der Waals surface area contributed by atoms with Gasteiger partial charge in [-0.3, -0.25) is 9.69 Å². The van der Waals surface area contributed by atoms with Crippen LogP contribution in [0.3, 0.4) is 0 Å². The maximum atomic E-state index is 12.6. The van der Waals surface area contributed by atoms with E-state index < -0.39 is 24.1 Å². The van der Waals surface area contributed by atoms with E-state index in [2.05, 4.69) is 0 Å². The van der Waals surface area contributed by atoms with Crippen LogP contribution in [-0.4, -0.2) is 40.8 Å². The summed E-state index contributed by atoms with van der Waals surface area (Å²) in [5.74, 6) is -2.03. The summed E-state index contributed by atoms with van der Waals surface area (Å²) >= 11 is 0. The Bertz CT molecular complexity index is 324. The molecule has 3 nitrogen and oxygen atoms in total. The van der Waals surface area contributed by atoms with Gasteiger partial charge < -0.3 is 5.11 Å². The molecular formula is C13H20F3NO2. The molecule has 6 heteroatoms. The van der Waals surface area contributed by atoms with E-state index in [4.69, 9.17) is 0 Å². The Labute approximate surface area is 110 Å². The number of nitrogens with zero attached hydrogens (tertiary/aromatic N) is 1. The number of alkyl halides is 3. The molecule has 19 heavy (non-hydrogen) atoms. The Morgan fingerprint density at radius 1 is 1.05 bits per heavy atom. The van der Waals surface area contributed by atoms with Gasteiger partial charge in [0.25, 0.3) is 0 Å². The molecule has 0 spiro atoms. The molecule has 1 N–H and O–H groups in total. The molecule has 0 amide bonds. The second-order valence-corrected chi connectivity index (χ2v) is 5.63. The molecule has 0 aromatic rings. The van der Waals surface area contributed by atoms with Crippen LogP contribution in [0.15, 0.2) is 0 Å². The number of halogens is 3. The number of hydrogen-bond donors (Lipinski definition) is 1.